The van der Waals surface area contributed by atoms with Gasteiger partial charge in [0.2, 0.25) is 0 Å². The van der Waals surface area contributed by atoms with E-state index in [1.807, 2.05) is 6.07 Å². The third-order valence-corrected chi connectivity index (χ3v) is 2.97. The number of pyridine rings is 1. The molecule has 0 aliphatic heterocycles. The number of hydrogen-bond acceptors (Lipinski definition) is 4. The number of aromatic nitrogens is 3. The summed E-state index contributed by atoms with van der Waals surface area (Å²) in [7, 11) is 0. The molecule has 2 heterocycles. The molecule has 0 unspecified atom stereocenters. The lowest BCUT2D eigenvalue weighted by Crippen LogP contribution is -2.07. The monoisotopic (exact) mass is 281 g/mol. The van der Waals surface area contributed by atoms with Crippen molar-refractivity contribution in [2.45, 2.75) is 0 Å². The maximum absolute atomic E-state index is 11.2. The molecule has 0 atom stereocenters. The lowest BCUT2D eigenvalue weighted by molar-refractivity contribution is 0.0696. The average molecular weight is 281 g/mol. The fourth-order valence-electron chi connectivity index (χ4n) is 2.01. The zero-order valence-electron chi connectivity index (χ0n) is 10.8. The largest absolute Gasteiger partial charge is 0.508 e. The van der Waals surface area contributed by atoms with Crippen LogP contribution < -0.4 is 0 Å². The van der Waals surface area contributed by atoms with E-state index in [4.69, 9.17) is 0 Å². The molecule has 3 rings (SSSR count). The highest BCUT2D eigenvalue weighted by Gasteiger charge is 2.13. The number of rotatable bonds is 3. The minimum Gasteiger partial charge on any atom is -0.508 e. The van der Waals surface area contributed by atoms with Gasteiger partial charge in [0.15, 0.2) is 5.82 Å². The minimum atomic E-state index is -1.06. The maximum Gasteiger partial charge on any atom is 0.339 e. The van der Waals surface area contributed by atoms with Crippen molar-refractivity contribution < 1.29 is 15.0 Å². The predicted molar refractivity (Wildman–Crippen MR) is 75.4 cm³/mol. The van der Waals surface area contributed by atoms with Crippen molar-refractivity contribution in [3.05, 3.63) is 60.4 Å². The summed E-state index contributed by atoms with van der Waals surface area (Å²) >= 11 is 0. The van der Waals surface area contributed by atoms with E-state index in [1.54, 1.807) is 36.5 Å². The highest BCUT2D eigenvalue weighted by molar-refractivity contribution is 5.91. The number of nitrogens with zero attached hydrogens (tertiary/aromatic N) is 3. The Kier molecular flexibility index (Phi) is 3.12. The molecule has 0 spiro atoms. The molecule has 0 amide bonds. The molecule has 0 bridgehead atoms. The molecule has 0 saturated carbocycles. The van der Waals surface area contributed by atoms with Gasteiger partial charge in [-0.1, -0.05) is 12.1 Å². The molecular weight excluding hydrogens is 270 g/mol. The van der Waals surface area contributed by atoms with Crippen LogP contribution in [0.15, 0.2) is 54.9 Å². The Balaban J connectivity index is 2.05. The van der Waals surface area contributed by atoms with Gasteiger partial charge in [0.25, 0.3) is 0 Å². The number of aromatic carboxylic acids is 1. The van der Waals surface area contributed by atoms with Crippen LogP contribution in [0.4, 0.5) is 0 Å². The highest BCUT2D eigenvalue weighted by Crippen LogP contribution is 2.22. The molecule has 0 saturated heterocycles. The van der Waals surface area contributed by atoms with Gasteiger partial charge in [-0.15, -0.1) is 0 Å². The van der Waals surface area contributed by atoms with Gasteiger partial charge in [0, 0.05) is 18.0 Å². The van der Waals surface area contributed by atoms with E-state index >= 15 is 0 Å². The topological polar surface area (TPSA) is 88.2 Å². The summed E-state index contributed by atoms with van der Waals surface area (Å²) in [5, 5.41) is 23.0. The molecule has 3 aromatic rings. The summed E-state index contributed by atoms with van der Waals surface area (Å²) in [5.41, 5.74) is 1.43. The first kappa shape index (κ1) is 12.9. The number of aromatic hydroxyl groups is 1. The zero-order valence-corrected chi connectivity index (χ0v) is 10.8. The molecule has 0 radical (unpaired) electrons. The summed E-state index contributed by atoms with van der Waals surface area (Å²) in [5.74, 6) is -0.671. The first-order valence-electron chi connectivity index (χ1n) is 6.19. The quantitative estimate of drug-likeness (QED) is 0.769. The van der Waals surface area contributed by atoms with Gasteiger partial charge in [-0.05, 0) is 30.3 Å². The lowest BCUT2D eigenvalue weighted by atomic mass is 10.1. The lowest BCUT2D eigenvalue weighted by Gasteiger charge is -2.04. The average Bonchev–Trinajstić information content (AvgIpc) is 2.97. The number of carboxylic acids is 1. The fraction of sp³-hybridized carbons (Fsp3) is 0. The summed E-state index contributed by atoms with van der Waals surface area (Å²) < 4.78 is 1.41. The van der Waals surface area contributed by atoms with Crippen molar-refractivity contribution in [2.24, 2.45) is 0 Å². The van der Waals surface area contributed by atoms with Crippen molar-refractivity contribution in [2.75, 3.05) is 0 Å². The maximum atomic E-state index is 11.2. The molecule has 6 heteroatoms. The number of carboxylic acid groups (broad SMARTS) is 1. The molecule has 104 valence electrons. The van der Waals surface area contributed by atoms with Crippen LogP contribution in [0.1, 0.15) is 10.4 Å². The standard InChI is InChI=1S/C15H11N3O3/c19-11-4-1-3-10(9-11)13-6-8-18(17-13)14-12(15(20)21)5-2-7-16-14/h1-9,19H,(H,20,21). The van der Waals surface area contributed by atoms with Crippen LogP contribution in [0, 0.1) is 0 Å². The highest BCUT2D eigenvalue weighted by atomic mass is 16.4. The van der Waals surface area contributed by atoms with Crippen molar-refractivity contribution in [1.29, 1.82) is 0 Å². The molecule has 2 aromatic heterocycles. The molecular formula is C15H11N3O3. The van der Waals surface area contributed by atoms with E-state index in [1.165, 1.54) is 16.9 Å². The molecule has 2 N–H and O–H groups in total. The van der Waals surface area contributed by atoms with Crippen molar-refractivity contribution >= 4 is 5.97 Å². The minimum absolute atomic E-state index is 0.0723. The predicted octanol–water partition coefficient (Wildman–Crippen LogP) is 2.34. The van der Waals surface area contributed by atoms with Crippen LogP contribution in [-0.2, 0) is 0 Å². The Morgan fingerprint density at radius 2 is 2.00 bits per heavy atom. The van der Waals surface area contributed by atoms with E-state index in [0.29, 0.717) is 5.69 Å². The second-order valence-corrected chi connectivity index (χ2v) is 4.38. The van der Waals surface area contributed by atoms with Gasteiger partial charge in [0.05, 0.1) is 5.69 Å². The molecule has 21 heavy (non-hydrogen) atoms. The first-order valence-corrected chi connectivity index (χ1v) is 6.19. The smallest absolute Gasteiger partial charge is 0.339 e. The van der Waals surface area contributed by atoms with Crippen LogP contribution in [-0.4, -0.2) is 30.9 Å². The van der Waals surface area contributed by atoms with Crippen molar-refractivity contribution in [3.8, 4) is 22.8 Å². The number of carbonyl (C=O) groups is 1. The van der Waals surface area contributed by atoms with Gasteiger partial charge in [-0.25, -0.2) is 14.5 Å². The third kappa shape index (κ3) is 2.46. The second-order valence-electron chi connectivity index (χ2n) is 4.38. The number of phenolic OH excluding ortho intramolecular Hbond substituents is 1. The van der Waals surface area contributed by atoms with Crippen molar-refractivity contribution in [1.82, 2.24) is 14.8 Å². The first-order chi connectivity index (χ1) is 10.1. The Labute approximate surface area is 119 Å². The van der Waals surface area contributed by atoms with Gasteiger partial charge < -0.3 is 10.2 Å². The van der Waals surface area contributed by atoms with Crippen molar-refractivity contribution in [3.63, 3.8) is 0 Å². The molecule has 1 aromatic carbocycles. The number of hydrogen-bond donors (Lipinski definition) is 2. The SMILES string of the molecule is O=C(O)c1cccnc1-n1ccc(-c2cccc(O)c2)n1. The zero-order chi connectivity index (χ0) is 14.8. The van der Waals surface area contributed by atoms with Crippen LogP contribution in [0.25, 0.3) is 17.1 Å². The van der Waals surface area contributed by atoms with Crippen LogP contribution in [0.2, 0.25) is 0 Å². The Morgan fingerprint density at radius 1 is 1.14 bits per heavy atom. The molecule has 0 fully saturated rings. The van der Waals surface area contributed by atoms with E-state index in [0.717, 1.165) is 5.56 Å². The number of benzene rings is 1. The van der Waals surface area contributed by atoms with E-state index in [-0.39, 0.29) is 17.1 Å². The number of phenols is 1. The fourth-order valence-corrected chi connectivity index (χ4v) is 2.01. The summed E-state index contributed by atoms with van der Waals surface area (Å²) in [6.45, 7) is 0. The van der Waals surface area contributed by atoms with E-state index < -0.39 is 5.97 Å². The molecule has 0 aliphatic rings. The molecule has 6 nitrogen and oxygen atoms in total. The summed E-state index contributed by atoms with van der Waals surface area (Å²) in [6, 6.07) is 11.4. The normalized spacial score (nSPS) is 10.5. The van der Waals surface area contributed by atoms with Gasteiger partial charge in [-0.2, -0.15) is 5.10 Å². The Hall–Kier alpha value is -3.15. The molecule has 0 aliphatic carbocycles. The van der Waals surface area contributed by atoms with Gasteiger partial charge >= 0.3 is 5.97 Å². The second kappa shape index (κ2) is 5.09. The van der Waals surface area contributed by atoms with Crippen LogP contribution in [0.5, 0.6) is 5.75 Å². The Bertz CT molecular complexity index is 811. The Morgan fingerprint density at radius 3 is 2.76 bits per heavy atom. The van der Waals surface area contributed by atoms with Gasteiger partial charge in [-0.3, -0.25) is 0 Å². The summed E-state index contributed by atoms with van der Waals surface area (Å²) in [4.78, 5) is 15.3. The third-order valence-electron chi connectivity index (χ3n) is 2.97. The van der Waals surface area contributed by atoms with E-state index in [9.17, 15) is 15.0 Å². The van der Waals surface area contributed by atoms with Crippen LogP contribution >= 0.6 is 0 Å². The summed E-state index contributed by atoms with van der Waals surface area (Å²) in [6.07, 6.45) is 3.14. The van der Waals surface area contributed by atoms with E-state index in [2.05, 4.69) is 10.1 Å². The van der Waals surface area contributed by atoms with Crippen LogP contribution in [0.3, 0.4) is 0 Å². The van der Waals surface area contributed by atoms with Gasteiger partial charge in [0.1, 0.15) is 11.3 Å².